The number of aryl methyl sites for hydroxylation is 1. The van der Waals surface area contributed by atoms with E-state index < -0.39 is 11.7 Å². The molecule has 15 heavy (non-hydrogen) atoms. The lowest BCUT2D eigenvalue weighted by atomic mass is 9.99. The van der Waals surface area contributed by atoms with Gasteiger partial charge in [-0.3, -0.25) is 4.79 Å². The molecule has 0 N–H and O–H groups in total. The van der Waals surface area contributed by atoms with E-state index in [0.29, 0.717) is 5.56 Å². The molecule has 0 saturated heterocycles. The van der Waals surface area contributed by atoms with Gasteiger partial charge in [0, 0.05) is 9.13 Å². The minimum Gasteiger partial charge on any atom is -0.291 e. The summed E-state index contributed by atoms with van der Waals surface area (Å²) in [6.45, 7) is 1.88. The second-order valence-corrected chi connectivity index (χ2v) is 4.07. The Morgan fingerprint density at radius 2 is 2.00 bits per heavy atom. The summed E-state index contributed by atoms with van der Waals surface area (Å²) >= 11 is 2.05. The maximum atomic E-state index is 11.7. The predicted molar refractivity (Wildman–Crippen MR) is 62.9 cm³/mol. The van der Waals surface area contributed by atoms with Gasteiger partial charge in [0.15, 0.2) is 11.7 Å². The number of carbonyl (C=O) groups is 1. The van der Waals surface area contributed by atoms with Gasteiger partial charge in [0.25, 0.3) is 0 Å². The van der Waals surface area contributed by atoms with Crippen molar-refractivity contribution in [2.24, 2.45) is 5.92 Å². The van der Waals surface area contributed by atoms with Crippen molar-refractivity contribution in [3.8, 4) is 12.1 Å². The standard InChI is InChI=1S/C11H7IN2O/c1-7-3-2-4-9(10(7)12)11(15)8(5-13)6-14/h2-4,8H,1H3. The van der Waals surface area contributed by atoms with Crippen LogP contribution in [0.3, 0.4) is 0 Å². The molecule has 3 nitrogen and oxygen atoms in total. The molecule has 74 valence electrons. The van der Waals surface area contributed by atoms with Gasteiger partial charge >= 0.3 is 0 Å². The molecule has 0 aliphatic carbocycles. The van der Waals surface area contributed by atoms with Crippen LogP contribution in [-0.2, 0) is 0 Å². The van der Waals surface area contributed by atoms with Gasteiger partial charge in [-0.25, -0.2) is 0 Å². The summed E-state index contributed by atoms with van der Waals surface area (Å²) in [5.41, 5.74) is 1.42. The number of hydrogen-bond acceptors (Lipinski definition) is 3. The molecule has 0 bridgehead atoms. The maximum Gasteiger partial charge on any atom is 0.195 e. The molecule has 0 unspecified atom stereocenters. The number of ketones is 1. The van der Waals surface area contributed by atoms with Crippen molar-refractivity contribution < 1.29 is 4.79 Å². The van der Waals surface area contributed by atoms with Crippen LogP contribution in [0.5, 0.6) is 0 Å². The highest BCUT2D eigenvalue weighted by atomic mass is 127. The highest BCUT2D eigenvalue weighted by Gasteiger charge is 2.21. The lowest BCUT2D eigenvalue weighted by molar-refractivity contribution is 0.0970. The molecule has 0 spiro atoms. The van der Waals surface area contributed by atoms with Crippen molar-refractivity contribution in [2.75, 3.05) is 0 Å². The molecule has 0 amide bonds. The lowest BCUT2D eigenvalue weighted by Crippen LogP contribution is -2.12. The zero-order valence-electron chi connectivity index (χ0n) is 7.99. The second kappa shape index (κ2) is 4.90. The summed E-state index contributed by atoms with van der Waals surface area (Å²) < 4.78 is 0.801. The van der Waals surface area contributed by atoms with Gasteiger partial charge in [0.05, 0.1) is 12.1 Å². The third-order valence-electron chi connectivity index (χ3n) is 1.98. The Hall–Kier alpha value is -1.40. The van der Waals surface area contributed by atoms with Crippen LogP contribution < -0.4 is 0 Å². The molecule has 4 heteroatoms. The fourth-order valence-electron chi connectivity index (χ4n) is 1.14. The maximum absolute atomic E-state index is 11.7. The minimum atomic E-state index is -1.21. The van der Waals surface area contributed by atoms with E-state index in [1.54, 1.807) is 24.3 Å². The summed E-state index contributed by atoms with van der Waals surface area (Å²) in [4.78, 5) is 11.7. The van der Waals surface area contributed by atoms with Crippen LogP contribution in [0, 0.1) is 39.1 Å². The number of nitriles is 2. The number of halogens is 1. The van der Waals surface area contributed by atoms with Gasteiger partial charge in [-0.2, -0.15) is 10.5 Å². The topological polar surface area (TPSA) is 64.7 Å². The monoisotopic (exact) mass is 310 g/mol. The zero-order chi connectivity index (χ0) is 11.4. The highest BCUT2D eigenvalue weighted by Crippen LogP contribution is 2.19. The van der Waals surface area contributed by atoms with Crippen molar-refractivity contribution in [3.63, 3.8) is 0 Å². The van der Waals surface area contributed by atoms with Gasteiger partial charge in [-0.05, 0) is 35.1 Å². The molecule has 0 saturated carbocycles. The molecule has 0 aliphatic heterocycles. The number of hydrogen-bond donors (Lipinski definition) is 0. The van der Waals surface area contributed by atoms with Crippen molar-refractivity contribution in [1.82, 2.24) is 0 Å². The van der Waals surface area contributed by atoms with Gasteiger partial charge in [-0.1, -0.05) is 18.2 Å². The Bertz CT molecular complexity index is 468. The quantitative estimate of drug-likeness (QED) is 0.622. The summed E-state index contributed by atoms with van der Waals surface area (Å²) in [6, 6.07) is 8.63. The van der Waals surface area contributed by atoms with Crippen LogP contribution in [0.15, 0.2) is 18.2 Å². The van der Waals surface area contributed by atoms with Crippen LogP contribution in [0.1, 0.15) is 15.9 Å². The first-order valence-electron chi connectivity index (χ1n) is 4.20. The first kappa shape index (κ1) is 11.7. The first-order chi connectivity index (χ1) is 7.11. The van der Waals surface area contributed by atoms with Crippen molar-refractivity contribution in [3.05, 3.63) is 32.9 Å². The number of carbonyl (C=O) groups excluding carboxylic acids is 1. The van der Waals surface area contributed by atoms with E-state index in [-0.39, 0.29) is 0 Å². The van der Waals surface area contributed by atoms with Crippen LogP contribution in [0.2, 0.25) is 0 Å². The molecule has 0 aromatic heterocycles. The molecule has 0 aliphatic rings. The molecule has 1 aromatic carbocycles. The normalized spacial score (nSPS) is 9.40. The van der Waals surface area contributed by atoms with Crippen LogP contribution in [-0.4, -0.2) is 5.78 Å². The van der Waals surface area contributed by atoms with E-state index >= 15 is 0 Å². The average molecular weight is 310 g/mol. The predicted octanol–water partition coefficient (Wildman–Crippen LogP) is 2.45. The van der Waals surface area contributed by atoms with Crippen LogP contribution in [0.25, 0.3) is 0 Å². The second-order valence-electron chi connectivity index (χ2n) is 2.99. The summed E-state index contributed by atoms with van der Waals surface area (Å²) in [5, 5.41) is 17.2. The lowest BCUT2D eigenvalue weighted by Gasteiger charge is -2.05. The molecule has 0 fully saturated rings. The van der Waals surface area contributed by atoms with Gasteiger partial charge in [0.2, 0.25) is 0 Å². The number of nitrogens with zero attached hydrogens (tertiary/aromatic N) is 2. The third-order valence-corrected chi connectivity index (χ3v) is 3.41. The fraction of sp³-hybridized carbons (Fsp3) is 0.182. The number of benzene rings is 1. The SMILES string of the molecule is Cc1cccc(C(=O)C(C#N)C#N)c1I. The van der Waals surface area contributed by atoms with E-state index in [2.05, 4.69) is 0 Å². The third kappa shape index (κ3) is 2.34. The van der Waals surface area contributed by atoms with Crippen LogP contribution >= 0.6 is 22.6 Å². The number of Topliss-reactive ketones (excluding diaryl/α,β-unsaturated/α-hetero) is 1. The van der Waals surface area contributed by atoms with E-state index in [1.165, 1.54) is 0 Å². The van der Waals surface area contributed by atoms with Gasteiger partial charge < -0.3 is 0 Å². The van der Waals surface area contributed by atoms with E-state index in [0.717, 1.165) is 9.13 Å². The van der Waals surface area contributed by atoms with Gasteiger partial charge in [-0.15, -0.1) is 0 Å². The average Bonchev–Trinajstić information content (AvgIpc) is 2.23. The van der Waals surface area contributed by atoms with E-state index in [4.69, 9.17) is 10.5 Å². The molecule has 0 heterocycles. The Balaban J connectivity index is 3.20. The Morgan fingerprint density at radius 1 is 1.40 bits per heavy atom. The fourth-order valence-corrected chi connectivity index (χ4v) is 1.76. The zero-order valence-corrected chi connectivity index (χ0v) is 10.1. The summed E-state index contributed by atoms with van der Waals surface area (Å²) in [6.07, 6.45) is 0. The Morgan fingerprint density at radius 3 is 2.53 bits per heavy atom. The molecular weight excluding hydrogens is 303 g/mol. The van der Waals surface area contributed by atoms with Crippen molar-refractivity contribution in [1.29, 1.82) is 10.5 Å². The highest BCUT2D eigenvalue weighted by molar-refractivity contribution is 14.1. The summed E-state index contributed by atoms with van der Waals surface area (Å²) in [5.74, 6) is -1.63. The Kier molecular flexibility index (Phi) is 3.81. The molecule has 1 aromatic rings. The summed E-state index contributed by atoms with van der Waals surface area (Å²) in [7, 11) is 0. The van der Waals surface area contributed by atoms with E-state index in [1.807, 2.05) is 35.6 Å². The molecule has 1 rings (SSSR count). The molecule has 0 radical (unpaired) electrons. The van der Waals surface area contributed by atoms with Crippen molar-refractivity contribution >= 4 is 28.4 Å². The molecule has 0 atom stereocenters. The minimum absolute atomic E-state index is 0.423. The first-order valence-corrected chi connectivity index (χ1v) is 5.28. The van der Waals surface area contributed by atoms with Crippen molar-refractivity contribution in [2.45, 2.75) is 6.92 Å². The Labute approximate surface area is 101 Å². The van der Waals surface area contributed by atoms with Gasteiger partial charge in [0.1, 0.15) is 0 Å². The number of rotatable bonds is 2. The molecular formula is C11H7IN2O. The smallest absolute Gasteiger partial charge is 0.195 e. The van der Waals surface area contributed by atoms with Crippen LogP contribution in [0.4, 0.5) is 0 Å². The largest absolute Gasteiger partial charge is 0.291 e. The van der Waals surface area contributed by atoms with E-state index in [9.17, 15) is 4.79 Å².